The van der Waals surface area contributed by atoms with Crippen LogP contribution < -0.4 is 10.5 Å². The zero-order valence-corrected chi connectivity index (χ0v) is 15.8. The number of hydrogen-bond donors (Lipinski definition) is 1. The van der Waals surface area contributed by atoms with E-state index in [4.69, 9.17) is 22.0 Å². The molecular weight excluding hydrogens is 376 g/mol. The van der Waals surface area contributed by atoms with Crippen LogP contribution in [0, 0.1) is 5.41 Å². The van der Waals surface area contributed by atoms with Crippen LogP contribution in [0.15, 0.2) is 84.0 Å². The van der Waals surface area contributed by atoms with Gasteiger partial charge in [0.1, 0.15) is 5.37 Å². The van der Waals surface area contributed by atoms with Crippen molar-refractivity contribution in [1.82, 2.24) is 9.66 Å². The van der Waals surface area contributed by atoms with Gasteiger partial charge >= 0.3 is 0 Å². The Morgan fingerprint density at radius 2 is 1.59 bits per heavy atom. The number of thioether (sulfide) groups is 1. The van der Waals surface area contributed by atoms with E-state index in [0.29, 0.717) is 10.5 Å². The zero-order valence-electron chi connectivity index (χ0n) is 14.2. The highest BCUT2D eigenvalue weighted by Gasteiger charge is 2.34. The number of aromatic nitrogens is 2. The predicted octanol–water partition coefficient (Wildman–Crippen LogP) is 5.24. The van der Waals surface area contributed by atoms with Gasteiger partial charge in [0, 0.05) is 10.4 Å². The molecule has 0 spiro atoms. The fourth-order valence-electron chi connectivity index (χ4n) is 3.33. The number of anilines is 1. The van der Waals surface area contributed by atoms with Crippen molar-refractivity contribution >= 4 is 40.0 Å². The third-order valence-corrected chi connectivity index (χ3v) is 6.02. The van der Waals surface area contributed by atoms with Crippen molar-refractivity contribution in [3.05, 3.63) is 94.9 Å². The average molecular weight is 391 g/mol. The van der Waals surface area contributed by atoms with Crippen LogP contribution in [-0.4, -0.2) is 9.66 Å². The molecule has 1 N–H and O–H groups in total. The Morgan fingerprint density at radius 1 is 0.889 bits per heavy atom. The highest BCUT2D eigenvalue weighted by atomic mass is 35.5. The Kier molecular flexibility index (Phi) is 3.92. The van der Waals surface area contributed by atoms with E-state index in [9.17, 15) is 0 Å². The Morgan fingerprint density at radius 3 is 2.37 bits per heavy atom. The molecule has 1 unspecified atom stereocenters. The van der Waals surface area contributed by atoms with Crippen molar-refractivity contribution in [2.24, 2.45) is 0 Å². The first-order valence-corrected chi connectivity index (χ1v) is 9.81. The Balaban J connectivity index is 1.76. The molecule has 0 saturated heterocycles. The van der Waals surface area contributed by atoms with Crippen LogP contribution >= 0.6 is 23.4 Å². The minimum atomic E-state index is -0.0296. The summed E-state index contributed by atoms with van der Waals surface area (Å²) in [6, 6.07) is 25.8. The van der Waals surface area contributed by atoms with Crippen LogP contribution in [0.25, 0.3) is 10.9 Å². The number of hydrogen-bond acceptors (Lipinski definition) is 4. The summed E-state index contributed by atoms with van der Waals surface area (Å²) < 4.78 is 1.90. The van der Waals surface area contributed by atoms with Crippen LogP contribution in [0.3, 0.4) is 0 Å². The molecule has 1 aromatic heterocycles. The SMILES string of the molecule is N=c1c2ccccc2nc2n1N(c1ccccc1)C(c1ccc(Cl)cc1)S2. The van der Waals surface area contributed by atoms with Crippen molar-refractivity contribution in [2.45, 2.75) is 10.5 Å². The Hall–Kier alpha value is -2.76. The summed E-state index contributed by atoms with van der Waals surface area (Å²) >= 11 is 7.73. The van der Waals surface area contributed by atoms with Gasteiger partial charge in [-0.15, -0.1) is 0 Å². The van der Waals surface area contributed by atoms with Crippen molar-refractivity contribution in [3.8, 4) is 0 Å². The molecule has 1 aliphatic rings. The van der Waals surface area contributed by atoms with Crippen LogP contribution in [0.5, 0.6) is 0 Å². The minimum Gasteiger partial charge on any atom is -0.282 e. The quantitative estimate of drug-likeness (QED) is 0.476. The number of benzene rings is 3. The van der Waals surface area contributed by atoms with Crippen molar-refractivity contribution in [3.63, 3.8) is 0 Å². The van der Waals surface area contributed by atoms with Crippen LogP contribution in [0.4, 0.5) is 5.69 Å². The lowest BCUT2D eigenvalue weighted by molar-refractivity contribution is 0.605. The van der Waals surface area contributed by atoms with E-state index in [1.807, 2.05) is 71.4 Å². The second-order valence-electron chi connectivity index (χ2n) is 6.27. The molecule has 0 bridgehead atoms. The maximum Gasteiger partial charge on any atom is 0.192 e. The van der Waals surface area contributed by atoms with E-state index in [1.54, 1.807) is 11.8 Å². The maximum atomic E-state index is 8.83. The summed E-state index contributed by atoms with van der Waals surface area (Å²) in [6.45, 7) is 0. The van der Waals surface area contributed by atoms with Crippen molar-refractivity contribution in [2.75, 3.05) is 5.01 Å². The lowest BCUT2D eigenvalue weighted by Gasteiger charge is -2.27. The maximum absolute atomic E-state index is 8.83. The van der Waals surface area contributed by atoms with Gasteiger partial charge in [-0.1, -0.05) is 65.8 Å². The molecule has 4 nitrogen and oxygen atoms in total. The molecule has 0 fully saturated rings. The lowest BCUT2D eigenvalue weighted by atomic mass is 10.2. The second kappa shape index (κ2) is 6.44. The minimum absolute atomic E-state index is 0.0296. The molecule has 6 heteroatoms. The molecule has 2 heterocycles. The summed E-state index contributed by atoms with van der Waals surface area (Å²) in [6.07, 6.45) is 0. The number of nitrogens with one attached hydrogen (secondary N) is 1. The average Bonchev–Trinajstić information content (AvgIpc) is 3.09. The first kappa shape index (κ1) is 16.4. The van der Waals surface area contributed by atoms with E-state index in [-0.39, 0.29) is 5.37 Å². The van der Waals surface area contributed by atoms with E-state index >= 15 is 0 Å². The number of nitrogens with zero attached hydrogens (tertiary/aromatic N) is 3. The summed E-state index contributed by atoms with van der Waals surface area (Å²) in [5.41, 5.74) is 3.40. The highest BCUT2D eigenvalue weighted by Crippen LogP contribution is 2.45. The topological polar surface area (TPSA) is 44.9 Å². The first-order chi connectivity index (χ1) is 13.2. The zero-order chi connectivity index (χ0) is 18.4. The van der Waals surface area contributed by atoms with Crippen LogP contribution in [0.1, 0.15) is 10.9 Å². The fraction of sp³-hybridized carbons (Fsp3) is 0.0476. The van der Waals surface area contributed by atoms with E-state index in [1.165, 1.54) is 0 Å². The van der Waals surface area contributed by atoms with Gasteiger partial charge in [0.2, 0.25) is 0 Å². The largest absolute Gasteiger partial charge is 0.282 e. The standard InChI is InChI=1S/C21H15ClN4S/c22-15-12-10-14(11-13-15)20-25(16-6-2-1-3-7-16)26-19(23)17-8-4-5-9-18(17)24-21(26)27-20/h1-13,20,23H. The monoisotopic (exact) mass is 390 g/mol. The smallest absolute Gasteiger partial charge is 0.192 e. The van der Waals surface area contributed by atoms with Crippen LogP contribution in [-0.2, 0) is 0 Å². The van der Waals surface area contributed by atoms with Gasteiger partial charge in [0.25, 0.3) is 0 Å². The molecule has 27 heavy (non-hydrogen) atoms. The first-order valence-electron chi connectivity index (χ1n) is 8.55. The molecule has 4 aromatic rings. The predicted molar refractivity (Wildman–Crippen MR) is 110 cm³/mol. The van der Waals surface area contributed by atoms with Crippen molar-refractivity contribution in [1.29, 1.82) is 5.41 Å². The number of fused-ring (bicyclic) bond motifs is 2. The number of para-hydroxylation sites is 2. The van der Waals surface area contributed by atoms with Gasteiger partial charge in [-0.2, -0.15) is 0 Å². The second-order valence-corrected chi connectivity index (χ2v) is 7.76. The fourth-order valence-corrected chi connectivity index (χ4v) is 4.70. The van der Waals surface area contributed by atoms with Gasteiger partial charge in [0.05, 0.1) is 11.2 Å². The molecule has 3 aromatic carbocycles. The third kappa shape index (κ3) is 2.71. The molecule has 0 amide bonds. The molecule has 1 atom stereocenters. The third-order valence-electron chi connectivity index (χ3n) is 4.60. The summed E-state index contributed by atoms with van der Waals surface area (Å²) in [5, 5.41) is 13.3. The molecule has 0 saturated carbocycles. The summed E-state index contributed by atoms with van der Waals surface area (Å²) in [5.74, 6) is 0. The Labute approximate surface area is 165 Å². The van der Waals surface area contributed by atoms with Gasteiger partial charge in [0.15, 0.2) is 10.6 Å². The molecule has 0 radical (unpaired) electrons. The lowest BCUT2D eigenvalue weighted by Crippen LogP contribution is -2.37. The molecule has 5 rings (SSSR count). The van der Waals surface area contributed by atoms with Gasteiger partial charge in [-0.05, 0) is 42.0 Å². The summed E-state index contributed by atoms with van der Waals surface area (Å²) in [7, 11) is 0. The Bertz CT molecular complexity index is 1190. The van der Waals surface area contributed by atoms with Gasteiger partial charge in [-0.25, -0.2) is 9.66 Å². The molecule has 132 valence electrons. The van der Waals surface area contributed by atoms with E-state index in [0.717, 1.165) is 27.3 Å². The number of halogens is 1. The van der Waals surface area contributed by atoms with Gasteiger partial charge < -0.3 is 0 Å². The molecule has 1 aliphatic heterocycles. The van der Waals surface area contributed by atoms with E-state index < -0.39 is 0 Å². The van der Waals surface area contributed by atoms with E-state index in [2.05, 4.69) is 17.1 Å². The molecule has 0 aliphatic carbocycles. The molecular formula is C21H15ClN4S. The van der Waals surface area contributed by atoms with Crippen LogP contribution in [0.2, 0.25) is 5.02 Å². The normalized spacial score (nSPS) is 15.9. The summed E-state index contributed by atoms with van der Waals surface area (Å²) in [4.78, 5) is 4.82. The number of rotatable bonds is 2. The van der Waals surface area contributed by atoms with Crippen molar-refractivity contribution < 1.29 is 0 Å². The highest BCUT2D eigenvalue weighted by molar-refractivity contribution is 7.99. The van der Waals surface area contributed by atoms with Gasteiger partial charge in [-0.3, -0.25) is 10.4 Å².